The normalized spacial score (nSPS) is 15.9. The lowest BCUT2D eigenvalue weighted by atomic mass is 10.0. The van der Waals surface area contributed by atoms with E-state index in [0.717, 1.165) is 25.3 Å². The van der Waals surface area contributed by atoms with E-state index in [1.54, 1.807) is 0 Å². The second-order valence-corrected chi connectivity index (χ2v) is 6.86. The summed E-state index contributed by atoms with van der Waals surface area (Å²) in [5.74, 6) is 0.954. The third kappa shape index (κ3) is 5.31. The number of rotatable bonds is 6. The molecule has 0 spiro atoms. The molecule has 1 aliphatic heterocycles. The van der Waals surface area contributed by atoms with Crippen molar-refractivity contribution in [2.45, 2.75) is 25.3 Å². The van der Waals surface area contributed by atoms with E-state index in [9.17, 15) is 0 Å². The van der Waals surface area contributed by atoms with Crippen molar-refractivity contribution >= 4 is 12.4 Å². The van der Waals surface area contributed by atoms with E-state index in [-0.39, 0.29) is 12.4 Å². The van der Waals surface area contributed by atoms with Crippen LogP contribution in [0, 0.1) is 0 Å². The summed E-state index contributed by atoms with van der Waals surface area (Å²) >= 11 is 0. The van der Waals surface area contributed by atoms with Crippen molar-refractivity contribution in [3.05, 3.63) is 84.2 Å². The zero-order valence-electron chi connectivity index (χ0n) is 15.3. The fourth-order valence-corrected chi connectivity index (χ4v) is 3.39. The van der Waals surface area contributed by atoms with E-state index in [1.165, 1.54) is 35.1 Å². The number of aromatic nitrogens is 1. The summed E-state index contributed by atoms with van der Waals surface area (Å²) in [5, 5.41) is 3.46. The largest absolute Gasteiger partial charge is 0.492 e. The monoisotopic (exact) mass is 380 g/mol. The molecule has 0 bridgehead atoms. The number of halogens is 1. The highest BCUT2D eigenvalue weighted by Crippen LogP contribution is 2.21. The maximum absolute atomic E-state index is 5.89. The summed E-state index contributed by atoms with van der Waals surface area (Å²) in [4.78, 5) is 4.07. The Morgan fingerprint density at radius 1 is 0.852 bits per heavy atom. The van der Waals surface area contributed by atoms with Gasteiger partial charge in [0.25, 0.3) is 0 Å². The molecule has 3 aromatic rings. The maximum atomic E-state index is 5.89. The average Bonchev–Trinajstić information content (AvgIpc) is 3.22. The number of hydrogen-bond donors (Lipinski definition) is 1. The molecule has 27 heavy (non-hydrogen) atoms. The van der Waals surface area contributed by atoms with Crippen molar-refractivity contribution in [1.29, 1.82) is 0 Å². The number of nitrogens with one attached hydrogen (secondary N) is 1. The predicted molar refractivity (Wildman–Crippen MR) is 113 cm³/mol. The van der Waals surface area contributed by atoms with Crippen LogP contribution in [0.15, 0.2) is 73.1 Å². The smallest absolute Gasteiger partial charge is 0.119 e. The number of benzene rings is 2. The van der Waals surface area contributed by atoms with Crippen LogP contribution >= 0.6 is 12.4 Å². The molecule has 4 heteroatoms. The first kappa shape index (κ1) is 19.4. The van der Waals surface area contributed by atoms with Crippen LogP contribution < -0.4 is 10.1 Å². The molecule has 0 amide bonds. The lowest BCUT2D eigenvalue weighted by Gasteiger charge is -2.12. The second-order valence-electron chi connectivity index (χ2n) is 6.86. The van der Waals surface area contributed by atoms with Crippen molar-refractivity contribution in [3.63, 3.8) is 0 Å². The Labute approximate surface area is 167 Å². The van der Waals surface area contributed by atoms with E-state index < -0.39 is 0 Å². The van der Waals surface area contributed by atoms with Crippen molar-refractivity contribution in [1.82, 2.24) is 10.3 Å². The molecule has 0 aliphatic carbocycles. The fourth-order valence-electron chi connectivity index (χ4n) is 3.39. The summed E-state index contributed by atoms with van der Waals surface area (Å²) < 4.78 is 5.89. The minimum Gasteiger partial charge on any atom is -0.492 e. The highest BCUT2D eigenvalue weighted by atomic mass is 35.5. The second kappa shape index (κ2) is 9.54. The molecular formula is C23H25ClN2O. The van der Waals surface area contributed by atoms with E-state index >= 15 is 0 Å². The van der Waals surface area contributed by atoms with Gasteiger partial charge in [-0.05, 0) is 72.3 Å². The number of ether oxygens (including phenoxy) is 1. The molecule has 0 unspecified atom stereocenters. The molecule has 1 fully saturated rings. The van der Waals surface area contributed by atoms with Crippen molar-refractivity contribution in [2.75, 3.05) is 13.2 Å². The fraction of sp³-hybridized carbons (Fsp3) is 0.261. The standard InChI is InChI=1S/C23H24N2O.ClH/c1-2-22(25-13-1)17-26-23-9-5-19(6-10-23)16-18-3-7-20(8-4-18)21-11-14-24-15-12-21;/h3-12,14-15,22,25H,1-2,13,16-17H2;1H/t22-;/m1./s1. The molecule has 140 valence electrons. The average molecular weight is 381 g/mol. The first-order valence-electron chi connectivity index (χ1n) is 9.31. The van der Waals surface area contributed by atoms with Crippen LogP contribution in [0.5, 0.6) is 5.75 Å². The first-order chi connectivity index (χ1) is 12.9. The minimum atomic E-state index is 0. The van der Waals surface area contributed by atoms with Gasteiger partial charge >= 0.3 is 0 Å². The van der Waals surface area contributed by atoms with Gasteiger partial charge in [0.05, 0.1) is 0 Å². The Hall–Kier alpha value is -2.36. The van der Waals surface area contributed by atoms with Crippen LogP contribution in [-0.4, -0.2) is 24.2 Å². The molecule has 1 saturated heterocycles. The van der Waals surface area contributed by atoms with Gasteiger partial charge in [-0.15, -0.1) is 12.4 Å². The lowest BCUT2D eigenvalue weighted by molar-refractivity contribution is 0.277. The van der Waals surface area contributed by atoms with Gasteiger partial charge in [-0.1, -0.05) is 36.4 Å². The SMILES string of the molecule is Cl.c1cc(-c2ccc(Cc3ccc(OC[C@H]4CCCN4)cc3)cc2)ccn1. The number of hydrogen-bond acceptors (Lipinski definition) is 3. The first-order valence-corrected chi connectivity index (χ1v) is 9.31. The van der Waals surface area contributed by atoms with Gasteiger partial charge in [0.1, 0.15) is 12.4 Å². The highest BCUT2D eigenvalue weighted by Gasteiger charge is 2.14. The lowest BCUT2D eigenvalue weighted by Crippen LogP contribution is -2.28. The molecule has 0 radical (unpaired) electrons. The third-order valence-electron chi connectivity index (χ3n) is 4.91. The van der Waals surface area contributed by atoms with Crippen LogP contribution in [0.25, 0.3) is 11.1 Å². The molecule has 1 atom stereocenters. The van der Waals surface area contributed by atoms with Crippen LogP contribution in [0.2, 0.25) is 0 Å². The van der Waals surface area contributed by atoms with E-state index in [2.05, 4.69) is 58.8 Å². The quantitative estimate of drug-likeness (QED) is 0.661. The predicted octanol–water partition coefficient (Wildman–Crippen LogP) is 4.89. The molecule has 1 N–H and O–H groups in total. The molecule has 0 saturated carbocycles. The van der Waals surface area contributed by atoms with Gasteiger partial charge in [-0.2, -0.15) is 0 Å². The van der Waals surface area contributed by atoms with Gasteiger partial charge in [0.2, 0.25) is 0 Å². The van der Waals surface area contributed by atoms with Crippen molar-refractivity contribution < 1.29 is 4.74 Å². The Bertz CT molecular complexity index is 813. The van der Waals surface area contributed by atoms with Gasteiger partial charge in [0, 0.05) is 18.4 Å². The number of pyridine rings is 1. The summed E-state index contributed by atoms with van der Waals surface area (Å²) in [6.45, 7) is 1.88. The highest BCUT2D eigenvalue weighted by molar-refractivity contribution is 5.85. The molecular weight excluding hydrogens is 356 g/mol. The summed E-state index contributed by atoms with van der Waals surface area (Å²) in [6.07, 6.45) is 7.06. The molecule has 1 aromatic heterocycles. The summed E-state index contributed by atoms with van der Waals surface area (Å²) in [6, 6.07) is 21.8. The number of nitrogens with zero attached hydrogens (tertiary/aromatic N) is 1. The molecule has 2 heterocycles. The topological polar surface area (TPSA) is 34.1 Å². The van der Waals surface area contributed by atoms with Gasteiger partial charge in [0.15, 0.2) is 0 Å². The van der Waals surface area contributed by atoms with Gasteiger partial charge < -0.3 is 10.1 Å². The molecule has 2 aromatic carbocycles. The van der Waals surface area contributed by atoms with Crippen LogP contribution in [0.4, 0.5) is 0 Å². The van der Waals surface area contributed by atoms with Crippen molar-refractivity contribution in [3.8, 4) is 16.9 Å². The van der Waals surface area contributed by atoms with Crippen LogP contribution in [0.1, 0.15) is 24.0 Å². The van der Waals surface area contributed by atoms with Gasteiger partial charge in [-0.25, -0.2) is 0 Å². The molecule has 3 nitrogen and oxygen atoms in total. The van der Waals surface area contributed by atoms with Crippen LogP contribution in [-0.2, 0) is 6.42 Å². The van der Waals surface area contributed by atoms with Crippen LogP contribution in [0.3, 0.4) is 0 Å². The maximum Gasteiger partial charge on any atom is 0.119 e. The Balaban J connectivity index is 0.00000210. The van der Waals surface area contributed by atoms with E-state index in [4.69, 9.17) is 4.74 Å². The molecule has 4 rings (SSSR count). The summed E-state index contributed by atoms with van der Waals surface area (Å²) in [7, 11) is 0. The van der Waals surface area contributed by atoms with Crippen molar-refractivity contribution in [2.24, 2.45) is 0 Å². The Morgan fingerprint density at radius 2 is 1.48 bits per heavy atom. The minimum absolute atomic E-state index is 0. The Morgan fingerprint density at radius 3 is 2.11 bits per heavy atom. The van der Waals surface area contributed by atoms with E-state index in [1.807, 2.05) is 24.5 Å². The molecule has 1 aliphatic rings. The Kier molecular flexibility index (Phi) is 6.86. The third-order valence-corrected chi connectivity index (χ3v) is 4.91. The zero-order valence-corrected chi connectivity index (χ0v) is 16.1. The zero-order chi connectivity index (χ0) is 17.6. The van der Waals surface area contributed by atoms with Gasteiger partial charge in [-0.3, -0.25) is 4.98 Å². The van der Waals surface area contributed by atoms with E-state index in [0.29, 0.717) is 6.04 Å². The summed E-state index contributed by atoms with van der Waals surface area (Å²) in [5.41, 5.74) is 5.03.